The lowest BCUT2D eigenvalue weighted by molar-refractivity contribution is 0.156. The van der Waals surface area contributed by atoms with E-state index in [1.54, 1.807) is 0 Å². The van der Waals surface area contributed by atoms with Gasteiger partial charge in [0, 0.05) is 25.2 Å². The Morgan fingerprint density at radius 3 is 2.70 bits per heavy atom. The van der Waals surface area contributed by atoms with Crippen molar-refractivity contribution in [3.8, 4) is 0 Å². The summed E-state index contributed by atoms with van der Waals surface area (Å²) in [5, 5.41) is 3.61. The summed E-state index contributed by atoms with van der Waals surface area (Å²) >= 11 is 0. The van der Waals surface area contributed by atoms with Gasteiger partial charge in [0.25, 0.3) is 0 Å². The van der Waals surface area contributed by atoms with Gasteiger partial charge in [-0.05, 0) is 38.9 Å². The zero-order valence-corrected chi connectivity index (χ0v) is 13.1. The highest BCUT2D eigenvalue weighted by Gasteiger charge is 2.21. The number of hydrogen-bond acceptors (Lipinski definition) is 3. The number of nitrogens with one attached hydrogen (secondary N) is 1. The lowest BCUT2D eigenvalue weighted by Gasteiger charge is -2.26. The third-order valence-electron chi connectivity index (χ3n) is 4.23. The lowest BCUT2D eigenvalue weighted by atomic mass is 10.0. The molecule has 1 aromatic rings. The Morgan fingerprint density at radius 2 is 2.10 bits per heavy atom. The summed E-state index contributed by atoms with van der Waals surface area (Å²) in [6.07, 6.45) is 2.32. The van der Waals surface area contributed by atoms with Crippen LogP contribution in [0.1, 0.15) is 36.9 Å². The number of aryl methyl sites for hydroxylation is 1. The molecule has 3 nitrogen and oxygen atoms in total. The molecule has 1 aliphatic rings. The van der Waals surface area contributed by atoms with Gasteiger partial charge in [-0.15, -0.1) is 0 Å². The molecule has 2 unspecified atom stereocenters. The molecule has 1 N–H and O–H groups in total. The Labute approximate surface area is 123 Å². The highest BCUT2D eigenvalue weighted by atomic mass is 16.5. The maximum atomic E-state index is 5.47. The van der Waals surface area contributed by atoms with Gasteiger partial charge in [-0.3, -0.25) is 0 Å². The van der Waals surface area contributed by atoms with Gasteiger partial charge < -0.3 is 15.0 Å². The molecule has 1 aliphatic heterocycles. The van der Waals surface area contributed by atoms with E-state index in [1.165, 1.54) is 17.5 Å². The molecule has 0 aliphatic carbocycles. The van der Waals surface area contributed by atoms with Crippen molar-refractivity contribution >= 4 is 0 Å². The molecule has 1 aromatic carbocycles. The molecule has 2 rings (SSSR count). The molecule has 2 atom stereocenters. The maximum absolute atomic E-state index is 5.47. The first-order valence-corrected chi connectivity index (χ1v) is 7.78. The number of benzene rings is 1. The predicted octanol–water partition coefficient (Wildman–Crippen LogP) is 2.76. The molecule has 1 saturated heterocycles. The van der Waals surface area contributed by atoms with Crippen molar-refractivity contribution in [2.45, 2.75) is 38.8 Å². The van der Waals surface area contributed by atoms with E-state index in [2.05, 4.69) is 55.4 Å². The first kappa shape index (κ1) is 15.5. The zero-order chi connectivity index (χ0) is 14.4. The number of rotatable bonds is 7. The standard InChI is InChI=1S/C17H28N2O/c1-4-18-17(15-7-5-14(2)6-8-15)9-11-19(3)16-10-12-20-13-16/h5-8,16-18H,4,9-13H2,1-3H3. The Morgan fingerprint density at radius 1 is 1.35 bits per heavy atom. The summed E-state index contributed by atoms with van der Waals surface area (Å²) in [5.74, 6) is 0. The number of ether oxygens (including phenoxy) is 1. The van der Waals surface area contributed by atoms with E-state index >= 15 is 0 Å². The van der Waals surface area contributed by atoms with E-state index in [0.29, 0.717) is 12.1 Å². The highest BCUT2D eigenvalue weighted by molar-refractivity contribution is 5.24. The summed E-state index contributed by atoms with van der Waals surface area (Å²) in [6, 6.07) is 9.96. The van der Waals surface area contributed by atoms with E-state index in [-0.39, 0.29) is 0 Å². The van der Waals surface area contributed by atoms with E-state index in [0.717, 1.165) is 32.7 Å². The molecule has 3 heteroatoms. The van der Waals surface area contributed by atoms with E-state index in [1.807, 2.05) is 0 Å². The van der Waals surface area contributed by atoms with Crippen LogP contribution in [0.5, 0.6) is 0 Å². The lowest BCUT2D eigenvalue weighted by Crippen LogP contribution is -2.35. The van der Waals surface area contributed by atoms with Crippen molar-refractivity contribution in [1.82, 2.24) is 10.2 Å². The summed E-state index contributed by atoms with van der Waals surface area (Å²) < 4.78 is 5.47. The molecule has 0 aromatic heterocycles. The Balaban J connectivity index is 1.89. The van der Waals surface area contributed by atoms with Crippen molar-refractivity contribution in [3.05, 3.63) is 35.4 Å². The fourth-order valence-corrected chi connectivity index (χ4v) is 2.82. The number of likely N-dealkylation sites (N-methyl/N-ethyl adjacent to an activating group) is 1. The minimum atomic E-state index is 0.449. The Hall–Kier alpha value is -0.900. The van der Waals surface area contributed by atoms with Crippen molar-refractivity contribution in [2.24, 2.45) is 0 Å². The molecule has 0 spiro atoms. The van der Waals surface area contributed by atoms with Gasteiger partial charge in [0.05, 0.1) is 6.61 Å². The van der Waals surface area contributed by atoms with Crippen LogP contribution in [0.25, 0.3) is 0 Å². The molecule has 20 heavy (non-hydrogen) atoms. The van der Waals surface area contributed by atoms with Gasteiger partial charge >= 0.3 is 0 Å². The van der Waals surface area contributed by atoms with Crippen LogP contribution in [0.15, 0.2) is 24.3 Å². The molecule has 0 bridgehead atoms. The van der Waals surface area contributed by atoms with Gasteiger partial charge in [0.2, 0.25) is 0 Å². The van der Waals surface area contributed by atoms with Crippen molar-refractivity contribution in [1.29, 1.82) is 0 Å². The van der Waals surface area contributed by atoms with Gasteiger partial charge in [0.15, 0.2) is 0 Å². The minimum Gasteiger partial charge on any atom is -0.380 e. The summed E-state index contributed by atoms with van der Waals surface area (Å²) in [7, 11) is 2.22. The quantitative estimate of drug-likeness (QED) is 0.829. The third kappa shape index (κ3) is 4.30. The highest BCUT2D eigenvalue weighted by Crippen LogP contribution is 2.19. The van der Waals surface area contributed by atoms with Crippen LogP contribution in [0.4, 0.5) is 0 Å². The van der Waals surface area contributed by atoms with Gasteiger partial charge in [0.1, 0.15) is 0 Å². The van der Waals surface area contributed by atoms with Crippen LogP contribution in [0.2, 0.25) is 0 Å². The van der Waals surface area contributed by atoms with Crippen LogP contribution in [0.3, 0.4) is 0 Å². The second-order valence-corrected chi connectivity index (χ2v) is 5.81. The second-order valence-electron chi connectivity index (χ2n) is 5.81. The maximum Gasteiger partial charge on any atom is 0.0622 e. The van der Waals surface area contributed by atoms with Crippen LogP contribution in [-0.4, -0.2) is 44.3 Å². The molecular formula is C17H28N2O. The van der Waals surface area contributed by atoms with Crippen LogP contribution < -0.4 is 5.32 Å². The first-order chi connectivity index (χ1) is 9.70. The molecule has 0 radical (unpaired) electrons. The Kier molecular flexibility index (Phi) is 6.02. The molecular weight excluding hydrogens is 248 g/mol. The largest absolute Gasteiger partial charge is 0.380 e. The van der Waals surface area contributed by atoms with E-state index < -0.39 is 0 Å². The topological polar surface area (TPSA) is 24.5 Å². The van der Waals surface area contributed by atoms with E-state index in [4.69, 9.17) is 4.74 Å². The van der Waals surface area contributed by atoms with Crippen molar-refractivity contribution < 1.29 is 4.74 Å². The monoisotopic (exact) mass is 276 g/mol. The van der Waals surface area contributed by atoms with Crippen molar-refractivity contribution in [3.63, 3.8) is 0 Å². The van der Waals surface area contributed by atoms with Crippen LogP contribution in [0, 0.1) is 6.92 Å². The summed E-state index contributed by atoms with van der Waals surface area (Å²) in [4.78, 5) is 2.45. The minimum absolute atomic E-state index is 0.449. The SMILES string of the molecule is CCNC(CCN(C)C1CCOC1)c1ccc(C)cc1. The third-order valence-corrected chi connectivity index (χ3v) is 4.23. The van der Waals surface area contributed by atoms with Gasteiger partial charge in [-0.25, -0.2) is 0 Å². The second kappa shape index (κ2) is 7.77. The zero-order valence-electron chi connectivity index (χ0n) is 13.1. The van der Waals surface area contributed by atoms with Crippen LogP contribution >= 0.6 is 0 Å². The summed E-state index contributed by atoms with van der Waals surface area (Å²) in [6.45, 7) is 8.25. The molecule has 1 heterocycles. The predicted molar refractivity (Wildman–Crippen MR) is 84.1 cm³/mol. The normalized spacial score (nSPS) is 20.5. The van der Waals surface area contributed by atoms with E-state index in [9.17, 15) is 0 Å². The fraction of sp³-hybridized carbons (Fsp3) is 0.647. The first-order valence-electron chi connectivity index (χ1n) is 7.78. The summed E-state index contributed by atoms with van der Waals surface area (Å²) in [5.41, 5.74) is 2.72. The molecule has 112 valence electrons. The van der Waals surface area contributed by atoms with Crippen molar-refractivity contribution in [2.75, 3.05) is 33.4 Å². The number of nitrogens with zero attached hydrogens (tertiary/aromatic N) is 1. The van der Waals surface area contributed by atoms with Gasteiger partial charge in [-0.2, -0.15) is 0 Å². The molecule has 1 fully saturated rings. The average molecular weight is 276 g/mol. The van der Waals surface area contributed by atoms with Crippen LogP contribution in [-0.2, 0) is 4.74 Å². The molecule has 0 saturated carbocycles. The Bertz CT molecular complexity index is 384. The molecule has 0 amide bonds. The number of hydrogen-bond donors (Lipinski definition) is 1. The van der Waals surface area contributed by atoms with Gasteiger partial charge in [-0.1, -0.05) is 36.8 Å². The average Bonchev–Trinajstić information content (AvgIpc) is 2.98. The smallest absolute Gasteiger partial charge is 0.0622 e. The fourth-order valence-electron chi connectivity index (χ4n) is 2.82.